The third kappa shape index (κ3) is 4.02. The van der Waals surface area contributed by atoms with Gasteiger partial charge in [-0.3, -0.25) is 14.5 Å². The minimum Gasteiger partial charge on any atom is -0.477 e. The fourth-order valence-electron chi connectivity index (χ4n) is 5.34. The number of halogens is 1. The summed E-state index contributed by atoms with van der Waals surface area (Å²) >= 11 is 0. The molecule has 2 aromatic rings. The van der Waals surface area contributed by atoms with Crippen LogP contribution < -0.4 is 25.4 Å². The molecule has 3 aliphatic rings. The summed E-state index contributed by atoms with van der Waals surface area (Å²) in [5, 5.41) is 14.0. The van der Waals surface area contributed by atoms with E-state index in [1.807, 2.05) is 11.0 Å². The number of hydrogen-bond acceptors (Lipinski definition) is 7. The maximum Gasteiger partial charge on any atom is 0.407 e. The number of carbonyl (C=O) groups is 2. The molecule has 1 aliphatic carbocycles. The number of aromatic carboxylic acids is 1. The number of amides is 1. The van der Waals surface area contributed by atoms with E-state index >= 15 is 4.39 Å². The van der Waals surface area contributed by atoms with Crippen molar-refractivity contribution in [3.63, 3.8) is 0 Å². The topological polar surface area (TPSA) is 113 Å². The Morgan fingerprint density at radius 1 is 1.28 bits per heavy atom. The number of nitrogens with zero attached hydrogens (tertiary/aromatic N) is 3. The van der Waals surface area contributed by atoms with Crippen molar-refractivity contribution >= 4 is 28.7 Å². The third-order valence-corrected chi connectivity index (χ3v) is 6.87. The van der Waals surface area contributed by atoms with Gasteiger partial charge in [-0.2, -0.15) is 0 Å². The van der Waals surface area contributed by atoms with Crippen molar-refractivity contribution in [2.45, 2.75) is 38.8 Å². The van der Waals surface area contributed by atoms with Gasteiger partial charge in [-0.25, -0.2) is 14.0 Å². The number of carbonyl (C=O) groups excluding carboxylic acids is 1. The van der Waals surface area contributed by atoms with Gasteiger partial charge < -0.3 is 24.8 Å². The van der Waals surface area contributed by atoms with Crippen molar-refractivity contribution in [2.24, 2.45) is 11.8 Å². The van der Waals surface area contributed by atoms with Crippen molar-refractivity contribution in [1.29, 1.82) is 0 Å². The van der Waals surface area contributed by atoms with E-state index in [-0.39, 0.29) is 41.4 Å². The predicted octanol–water partition coefficient (Wildman–Crippen LogP) is 2.66. The van der Waals surface area contributed by atoms with Crippen LogP contribution in [0.3, 0.4) is 0 Å². The van der Waals surface area contributed by atoms with E-state index in [9.17, 15) is 19.5 Å². The van der Waals surface area contributed by atoms with Gasteiger partial charge >= 0.3 is 12.1 Å². The van der Waals surface area contributed by atoms with Crippen LogP contribution in [0, 0.1) is 17.7 Å². The molecule has 0 saturated carbocycles. The Labute approximate surface area is 206 Å². The Kier molecular flexibility index (Phi) is 5.60. The van der Waals surface area contributed by atoms with Gasteiger partial charge in [-0.15, -0.1) is 0 Å². The molecule has 1 aromatic heterocycles. The first-order valence-corrected chi connectivity index (χ1v) is 11.8. The standard InChI is InChI=1S/C25H29FN4O6/c1-25(2,3)36-24(34)27-18-7-5-6-13-9-29(10-15(13)18)20-17(26)8-14-19-22(20)35-12-28(4)30(19)11-16(21(14)31)23(32)33/h5-6,8,11,13,15,18H,7,9-10,12H2,1-4H3,(H,27,34)(H,32,33). The number of fused-ring (bicyclic) bond motifs is 1. The number of pyridine rings is 1. The number of carboxylic acids is 1. The van der Waals surface area contributed by atoms with Gasteiger partial charge in [0.15, 0.2) is 18.3 Å². The van der Waals surface area contributed by atoms with E-state index in [0.717, 1.165) is 6.07 Å². The van der Waals surface area contributed by atoms with E-state index in [1.54, 1.807) is 32.8 Å². The zero-order valence-electron chi connectivity index (χ0n) is 20.6. The Bertz CT molecular complexity index is 1350. The summed E-state index contributed by atoms with van der Waals surface area (Å²) in [5.74, 6) is -1.74. The molecular formula is C25H29FN4O6. The predicted molar refractivity (Wildman–Crippen MR) is 131 cm³/mol. The summed E-state index contributed by atoms with van der Waals surface area (Å²) in [4.78, 5) is 38.8. The zero-order chi connectivity index (χ0) is 25.9. The second kappa shape index (κ2) is 8.42. The van der Waals surface area contributed by atoms with Gasteiger partial charge in [0, 0.05) is 44.2 Å². The lowest BCUT2D eigenvalue weighted by Gasteiger charge is -2.33. The van der Waals surface area contributed by atoms with Crippen molar-refractivity contribution in [3.05, 3.63) is 46.0 Å². The molecule has 0 spiro atoms. The van der Waals surface area contributed by atoms with E-state index in [4.69, 9.17) is 9.47 Å². The molecule has 2 N–H and O–H groups in total. The molecule has 1 amide bonds. The van der Waals surface area contributed by atoms with Crippen molar-refractivity contribution in [3.8, 4) is 5.75 Å². The first-order chi connectivity index (χ1) is 16.9. The number of aromatic nitrogens is 1. The number of carboxylic acid groups (broad SMARTS) is 1. The van der Waals surface area contributed by atoms with Crippen molar-refractivity contribution in [1.82, 2.24) is 9.99 Å². The Morgan fingerprint density at radius 3 is 2.72 bits per heavy atom. The molecule has 2 aliphatic heterocycles. The van der Waals surface area contributed by atoms with Gasteiger partial charge in [-0.05, 0) is 33.3 Å². The van der Waals surface area contributed by atoms with Gasteiger partial charge in [-0.1, -0.05) is 12.2 Å². The number of ether oxygens (including phenoxy) is 2. The van der Waals surface area contributed by atoms with Crippen LogP contribution >= 0.6 is 0 Å². The highest BCUT2D eigenvalue weighted by Gasteiger charge is 2.42. The summed E-state index contributed by atoms with van der Waals surface area (Å²) in [7, 11) is 1.68. The molecule has 3 heterocycles. The molecule has 3 unspecified atom stereocenters. The molecule has 10 nitrogen and oxygen atoms in total. The third-order valence-electron chi connectivity index (χ3n) is 6.87. The maximum absolute atomic E-state index is 15.6. The highest BCUT2D eigenvalue weighted by molar-refractivity contribution is 5.97. The Morgan fingerprint density at radius 2 is 2.03 bits per heavy atom. The van der Waals surface area contributed by atoms with Crippen molar-refractivity contribution in [2.75, 3.05) is 36.8 Å². The summed E-state index contributed by atoms with van der Waals surface area (Å²) in [5.41, 5.74) is -1.27. The number of anilines is 1. The van der Waals surface area contributed by atoms with E-state index in [1.165, 1.54) is 10.9 Å². The normalized spacial score (nSPS) is 22.9. The smallest absolute Gasteiger partial charge is 0.407 e. The molecule has 3 atom stereocenters. The summed E-state index contributed by atoms with van der Waals surface area (Å²) in [6.07, 6.45) is 5.50. The maximum atomic E-state index is 15.6. The minimum atomic E-state index is -1.38. The number of nitrogens with one attached hydrogen (secondary N) is 1. The van der Waals surface area contributed by atoms with Crippen LogP contribution in [0.15, 0.2) is 29.2 Å². The fourth-order valence-corrected chi connectivity index (χ4v) is 5.34. The molecule has 5 rings (SSSR count). The highest BCUT2D eigenvalue weighted by Crippen LogP contribution is 2.44. The summed E-state index contributed by atoms with van der Waals surface area (Å²) in [6, 6.07) is 0.916. The molecule has 36 heavy (non-hydrogen) atoms. The Balaban J connectivity index is 1.52. The van der Waals surface area contributed by atoms with Crippen molar-refractivity contribution < 1.29 is 28.6 Å². The van der Waals surface area contributed by atoms with E-state index in [2.05, 4.69) is 11.4 Å². The molecule has 0 bridgehead atoms. The van der Waals surface area contributed by atoms with Crippen LogP contribution in [0.2, 0.25) is 0 Å². The number of hydrogen-bond donors (Lipinski definition) is 2. The number of rotatable bonds is 3. The van der Waals surface area contributed by atoms with Gasteiger partial charge in [0.1, 0.15) is 22.4 Å². The van der Waals surface area contributed by atoms with Gasteiger partial charge in [0.25, 0.3) is 0 Å². The molecule has 0 radical (unpaired) electrons. The quantitative estimate of drug-likeness (QED) is 0.619. The van der Waals surface area contributed by atoms with Gasteiger partial charge in [0.05, 0.1) is 5.39 Å². The lowest BCUT2D eigenvalue weighted by Crippen LogP contribution is -2.46. The Hall–Kier alpha value is -3.76. The van der Waals surface area contributed by atoms with E-state index in [0.29, 0.717) is 25.0 Å². The SMILES string of the molecule is CN1COc2c(N3CC4C=CCC(NC(=O)OC(C)(C)C)C4C3)c(F)cc3c(=O)c(C(=O)O)cn1c23. The second-order valence-corrected chi connectivity index (χ2v) is 10.5. The van der Waals surface area contributed by atoms with Crippen LogP contribution in [-0.2, 0) is 4.74 Å². The first kappa shape index (κ1) is 24.0. The van der Waals surface area contributed by atoms with Crippen LogP contribution in [0.5, 0.6) is 5.75 Å². The molecule has 1 saturated heterocycles. The monoisotopic (exact) mass is 500 g/mol. The van der Waals surface area contributed by atoms with Crippen LogP contribution in [0.25, 0.3) is 10.9 Å². The van der Waals surface area contributed by atoms with Gasteiger partial charge in [0.2, 0.25) is 5.43 Å². The molecule has 1 fully saturated rings. The molecule has 192 valence electrons. The minimum absolute atomic E-state index is 0.0210. The molecular weight excluding hydrogens is 471 g/mol. The molecule has 1 aromatic carbocycles. The van der Waals surface area contributed by atoms with Crippen LogP contribution in [0.4, 0.5) is 14.9 Å². The number of benzene rings is 1. The summed E-state index contributed by atoms with van der Waals surface area (Å²) < 4.78 is 28.5. The highest BCUT2D eigenvalue weighted by atomic mass is 19.1. The molecule has 11 heteroatoms. The lowest BCUT2D eigenvalue weighted by atomic mass is 9.83. The average Bonchev–Trinajstić information content (AvgIpc) is 3.20. The summed E-state index contributed by atoms with van der Waals surface area (Å²) in [6.45, 7) is 6.42. The first-order valence-electron chi connectivity index (χ1n) is 11.8. The fraction of sp³-hybridized carbons (Fsp3) is 0.480. The van der Waals surface area contributed by atoms with E-state index < -0.39 is 34.5 Å². The average molecular weight is 501 g/mol. The second-order valence-electron chi connectivity index (χ2n) is 10.5. The lowest BCUT2D eigenvalue weighted by molar-refractivity contribution is 0.0482. The number of alkyl carbamates (subject to hydrolysis) is 1. The zero-order valence-corrected chi connectivity index (χ0v) is 20.6. The van der Waals surface area contributed by atoms with Crippen LogP contribution in [0.1, 0.15) is 37.6 Å². The largest absolute Gasteiger partial charge is 0.477 e. The van der Waals surface area contributed by atoms with Crippen LogP contribution in [-0.4, -0.2) is 60.4 Å².